The second kappa shape index (κ2) is 31.2. The van der Waals surface area contributed by atoms with E-state index in [1.165, 1.54) is 11.8 Å². The predicted molar refractivity (Wildman–Crippen MR) is 283 cm³/mol. The van der Waals surface area contributed by atoms with E-state index >= 15 is 0 Å². The summed E-state index contributed by atoms with van der Waals surface area (Å²) < 4.78 is 27.9. The van der Waals surface area contributed by atoms with Crippen molar-refractivity contribution in [2.24, 2.45) is 11.8 Å². The molecular weight excluding hydrogens is 853 g/mol. The third-order valence-corrected chi connectivity index (χ3v) is 10.1. The van der Waals surface area contributed by atoms with Gasteiger partial charge in [-0.2, -0.15) is 0 Å². The number of esters is 2. The van der Waals surface area contributed by atoms with Crippen LogP contribution in [-0.4, -0.2) is 50.8 Å². The van der Waals surface area contributed by atoms with Gasteiger partial charge in [0, 0.05) is 0 Å². The first kappa shape index (κ1) is 65.1. The molecule has 0 saturated carbocycles. The highest BCUT2D eigenvalue weighted by atomic mass is 16.7. The number of hydrogen-bond donors (Lipinski definition) is 2. The molecule has 0 bridgehead atoms. The van der Waals surface area contributed by atoms with Crippen LogP contribution in [0.1, 0.15) is 206 Å². The normalized spacial score (nSPS) is 13.9. The molecule has 0 heterocycles. The zero-order valence-electron chi connectivity index (χ0n) is 45.0. The first-order chi connectivity index (χ1) is 30.9. The average Bonchev–Trinajstić information content (AvgIpc) is 3.20. The van der Waals surface area contributed by atoms with E-state index in [4.69, 9.17) is 23.7 Å². The molecule has 0 aliphatic heterocycles. The van der Waals surface area contributed by atoms with Gasteiger partial charge in [-0.1, -0.05) is 78.1 Å². The zero-order chi connectivity index (χ0) is 51.8. The Balaban J connectivity index is 0. The van der Waals surface area contributed by atoms with Crippen LogP contribution >= 0.6 is 0 Å². The van der Waals surface area contributed by atoms with Gasteiger partial charge in [0.1, 0.15) is 28.5 Å². The highest BCUT2D eigenvalue weighted by molar-refractivity contribution is 5.73. The standard InChI is InChI=1S/C31H46O5.C17H26O3.C6H12O.C4H6.CH4/c1-10-23(29(33)36-31(7,8)9)20-26(25-11-15-27(32)16-12-25)19-21(2)24-13-17-28(18-14-24)34-22(3)35-30(4,5)6;1-6-13(16(19)20-17(3,4)5)11-12(2)14-7-9-15(18)10-8-14;1-5-7-6(2,3)4;1-3-4-2;/h11-18,21-23,26,32H,10,19-20H2,1-9H3;7-10,12-13,18H,6,11H2,1-5H3;5H,1H2,2-4H3;1-2H3;1H4. The highest BCUT2D eigenvalue weighted by Gasteiger charge is 2.29. The van der Waals surface area contributed by atoms with Crippen LogP contribution in [0, 0.1) is 23.7 Å². The summed E-state index contributed by atoms with van der Waals surface area (Å²) in [7, 11) is 0. The van der Waals surface area contributed by atoms with E-state index in [1.807, 2.05) is 154 Å². The number of ether oxygens (including phenoxy) is 5. The van der Waals surface area contributed by atoms with Gasteiger partial charge in [0.2, 0.25) is 0 Å². The molecule has 0 aromatic heterocycles. The van der Waals surface area contributed by atoms with Crippen molar-refractivity contribution in [1.82, 2.24) is 0 Å². The lowest BCUT2D eigenvalue weighted by molar-refractivity contribution is -0.161. The Labute approximate surface area is 414 Å². The van der Waals surface area contributed by atoms with Gasteiger partial charge in [-0.3, -0.25) is 9.59 Å². The fourth-order valence-electron chi connectivity index (χ4n) is 6.85. The summed E-state index contributed by atoms with van der Waals surface area (Å²) in [5.74, 6) is 6.77. The molecule has 3 rings (SSSR count). The molecule has 9 nitrogen and oxygen atoms in total. The van der Waals surface area contributed by atoms with Gasteiger partial charge < -0.3 is 33.9 Å². The van der Waals surface area contributed by atoms with Crippen molar-refractivity contribution in [2.45, 2.75) is 218 Å². The number of aromatic hydroxyl groups is 2. The van der Waals surface area contributed by atoms with Crippen molar-refractivity contribution < 1.29 is 43.5 Å². The smallest absolute Gasteiger partial charge is 0.309 e. The Morgan fingerprint density at radius 1 is 0.574 bits per heavy atom. The van der Waals surface area contributed by atoms with E-state index in [2.05, 4.69) is 44.4 Å². The minimum atomic E-state index is -0.509. The molecule has 3 aromatic carbocycles. The molecule has 0 saturated heterocycles. The Morgan fingerprint density at radius 3 is 1.26 bits per heavy atom. The van der Waals surface area contributed by atoms with E-state index in [9.17, 15) is 19.8 Å². The third-order valence-electron chi connectivity index (χ3n) is 10.1. The summed E-state index contributed by atoms with van der Waals surface area (Å²) in [6.45, 7) is 40.7. The van der Waals surface area contributed by atoms with Gasteiger partial charge in [-0.25, -0.2) is 0 Å². The number of rotatable bonds is 17. The Hall–Kier alpha value is -4.94. The lowest BCUT2D eigenvalue weighted by Crippen LogP contribution is -2.29. The molecule has 0 fully saturated rings. The van der Waals surface area contributed by atoms with Gasteiger partial charge in [-0.15, -0.1) is 11.8 Å². The average molecular weight is 947 g/mol. The van der Waals surface area contributed by atoms with Gasteiger partial charge in [0.25, 0.3) is 0 Å². The molecule has 68 heavy (non-hydrogen) atoms. The van der Waals surface area contributed by atoms with Crippen molar-refractivity contribution in [1.29, 1.82) is 0 Å². The second-order valence-electron chi connectivity index (χ2n) is 21.0. The molecule has 384 valence electrons. The number of benzene rings is 3. The maximum atomic E-state index is 12.9. The van der Waals surface area contributed by atoms with Crippen molar-refractivity contribution in [2.75, 3.05) is 0 Å². The molecule has 0 spiro atoms. The minimum Gasteiger partial charge on any atom is -0.508 e. The van der Waals surface area contributed by atoms with Gasteiger partial charge in [0.15, 0.2) is 6.29 Å². The quantitative estimate of drug-likeness (QED) is 0.0590. The third kappa shape index (κ3) is 30.4. The molecule has 6 atom stereocenters. The minimum absolute atomic E-state index is 0. The predicted octanol–water partition coefficient (Wildman–Crippen LogP) is 15.8. The Kier molecular flexibility index (Phi) is 29.9. The summed E-state index contributed by atoms with van der Waals surface area (Å²) in [5.41, 5.74) is 2.17. The maximum absolute atomic E-state index is 12.9. The van der Waals surface area contributed by atoms with Crippen LogP contribution in [0.3, 0.4) is 0 Å². The second-order valence-corrected chi connectivity index (χ2v) is 21.0. The molecule has 0 aliphatic carbocycles. The molecular formula is C59H94O9. The maximum Gasteiger partial charge on any atom is 0.309 e. The summed E-state index contributed by atoms with van der Waals surface area (Å²) in [6.07, 6.45) is 4.94. The molecule has 2 N–H and O–H groups in total. The van der Waals surface area contributed by atoms with Crippen LogP contribution in [0.15, 0.2) is 85.6 Å². The first-order valence-electron chi connectivity index (χ1n) is 24.0. The van der Waals surface area contributed by atoms with Crippen LogP contribution in [0.2, 0.25) is 0 Å². The van der Waals surface area contributed by atoms with Crippen LogP contribution in [0.4, 0.5) is 0 Å². The summed E-state index contributed by atoms with van der Waals surface area (Å²) >= 11 is 0. The fourth-order valence-corrected chi connectivity index (χ4v) is 6.85. The Bertz CT molecular complexity index is 1890. The van der Waals surface area contributed by atoms with Crippen molar-refractivity contribution in [3.05, 3.63) is 102 Å². The Morgan fingerprint density at radius 2 is 0.941 bits per heavy atom. The number of phenols is 2. The van der Waals surface area contributed by atoms with Crippen LogP contribution in [-0.2, 0) is 28.5 Å². The van der Waals surface area contributed by atoms with E-state index in [1.54, 1.807) is 24.3 Å². The van der Waals surface area contributed by atoms with Crippen molar-refractivity contribution >= 4 is 11.9 Å². The topological polar surface area (TPSA) is 121 Å². The first-order valence-corrected chi connectivity index (χ1v) is 24.0. The SMILES string of the molecule is C.C=COC(C)(C)C.CC#CC.CCC(CC(C)c1ccc(O)cc1)C(=O)OC(C)(C)C.CCC(CC(CC(C)c1ccc(OC(C)OC(C)(C)C)cc1)c1ccc(O)cc1)C(=O)OC(C)(C)C. The van der Waals surface area contributed by atoms with Crippen LogP contribution < -0.4 is 4.74 Å². The van der Waals surface area contributed by atoms with Crippen LogP contribution in [0.5, 0.6) is 17.2 Å². The summed E-state index contributed by atoms with van der Waals surface area (Å²) in [5, 5.41) is 19.1. The fraction of sp³-hybridized carbons (Fsp3) is 0.593. The highest BCUT2D eigenvalue weighted by Crippen LogP contribution is 2.37. The van der Waals surface area contributed by atoms with Crippen molar-refractivity contribution in [3.63, 3.8) is 0 Å². The van der Waals surface area contributed by atoms with Gasteiger partial charge in [0.05, 0.1) is 29.3 Å². The molecule has 9 heteroatoms. The number of carbonyl (C=O) groups is 2. The van der Waals surface area contributed by atoms with E-state index in [0.29, 0.717) is 6.42 Å². The lowest BCUT2D eigenvalue weighted by atomic mass is 9.80. The monoisotopic (exact) mass is 947 g/mol. The van der Waals surface area contributed by atoms with E-state index in [0.717, 1.165) is 42.6 Å². The van der Waals surface area contributed by atoms with Crippen LogP contribution in [0.25, 0.3) is 0 Å². The summed E-state index contributed by atoms with van der Waals surface area (Å²) in [4.78, 5) is 25.0. The summed E-state index contributed by atoms with van der Waals surface area (Å²) in [6, 6.07) is 22.7. The van der Waals surface area contributed by atoms with Gasteiger partial charge >= 0.3 is 11.9 Å². The number of hydrogen-bond acceptors (Lipinski definition) is 9. The van der Waals surface area contributed by atoms with E-state index in [-0.39, 0.29) is 77.9 Å². The number of phenolic OH excluding ortho intramolecular Hbond substituents is 2. The zero-order valence-corrected chi connectivity index (χ0v) is 45.0. The molecule has 3 aromatic rings. The molecule has 6 unspecified atom stereocenters. The van der Waals surface area contributed by atoms with E-state index < -0.39 is 11.2 Å². The molecule has 0 amide bonds. The molecule has 0 radical (unpaired) electrons. The number of carbonyl (C=O) groups excluding carboxylic acids is 2. The largest absolute Gasteiger partial charge is 0.508 e. The van der Waals surface area contributed by atoms with Crippen molar-refractivity contribution in [3.8, 4) is 29.1 Å². The van der Waals surface area contributed by atoms with Gasteiger partial charge in [-0.05, 0) is 207 Å². The molecule has 0 aliphatic rings. The lowest BCUT2D eigenvalue weighted by Gasteiger charge is -2.28.